The maximum Gasteiger partial charge on any atom is 0.243 e. The van der Waals surface area contributed by atoms with Crippen LogP contribution in [0.5, 0.6) is 0 Å². The third-order valence-corrected chi connectivity index (χ3v) is 4.79. The van der Waals surface area contributed by atoms with Crippen molar-refractivity contribution in [3.63, 3.8) is 0 Å². The molecule has 7 heteroatoms. The summed E-state index contributed by atoms with van der Waals surface area (Å²) in [5.74, 6) is 0. The van der Waals surface area contributed by atoms with Crippen LogP contribution in [0, 0.1) is 0 Å². The Hall–Kier alpha value is -0.950. The van der Waals surface area contributed by atoms with E-state index in [-0.39, 0.29) is 16.5 Å². The highest BCUT2D eigenvalue weighted by Gasteiger charge is 2.17. The molecule has 0 radical (unpaired) electrons. The predicted octanol–water partition coefficient (Wildman–Crippen LogP) is 2.28. The number of halogens is 1. The van der Waals surface area contributed by atoms with Crippen molar-refractivity contribution in [2.24, 2.45) is 0 Å². The highest BCUT2D eigenvalue weighted by molar-refractivity contribution is 7.89. The number of aromatic nitrogens is 1. The van der Waals surface area contributed by atoms with Crippen molar-refractivity contribution in [1.82, 2.24) is 9.71 Å². The number of thiophene rings is 1. The Balaban J connectivity index is 2.17. The van der Waals surface area contributed by atoms with Crippen LogP contribution in [0.2, 0.25) is 5.02 Å². The molecule has 0 saturated heterocycles. The molecule has 0 aliphatic rings. The van der Waals surface area contributed by atoms with Crippen LogP contribution in [-0.2, 0) is 16.6 Å². The van der Waals surface area contributed by atoms with Crippen LogP contribution in [0.1, 0.15) is 4.88 Å². The SMILES string of the molecule is O=S(=O)(NCc1cccs1)c1cnccc1Cl. The summed E-state index contributed by atoms with van der Waals surface area (Å²) in [7, 11) is -3.60. The van der Waals surface area contributed by atoms with Crippen molar-refractivity contribution < 1.29 is 8.42 Å². The molecule has 0 saturated carbocycles. The standard InChI is InChI=1S/C10H9ClN2O2S2/c11-9-3-4-12-7-10(9)17(14,15)13-6-8-2-1-5-16-8/h1-5,7,13H,6H2. The molecule has 0 spiro atoms. The van der Waals surface area contributed by atoms with E-state index in [1.165, 1.54) is 29.8 Å². The number of hydrogen-bond donors (Lipinski definition) is 1. The van der Waals surface area contributed by atoms with Crippen molar-refractivity contribution in [2.75, 3.05) is 0 Å². The molecule has 2 aromatic rings. The summed E-state index contributed by atoms with van der Waals surface area (Å²) in [4.78, 5) is 4.69. The van der Waals surface area contributed by atoms with E-state index in [1.54, 1.807) is 0 Å². The predicted molar refractivity (Wildman–Crippen MR) is 67.6 cm³/mol. The van der Waals surface area contributed by atoms with Gasteiger partial charge in [0.05, 0.1) is 5.02 Å². The van der Waals surface area contributed by atoms with Crippen molar-refractivity contribution >= 4 is 33.0 Å². The lowest BCUT2D eigenvalue weighted by Gasteiger charge is -2.06. The first-order chi connectivity index (χ1) is 8.09. The topological polar surface area (TPSA) is 59.1 Å². The van der Waals surface area contributed by atoms with Gasteiger partial charge in [-0.05, 0) is 17.5 Å². The molecule has 0 atom stereocenters. The number of rotatable bonds is 4. The van der Waals surface area contributed by atoms with Gasteiger partial charge in [0.2, 0.25) is 10.0 Å². The third kappa shape index (κ3) is 3.04. The van der Waals surface area contributed by atoms with Gasteiger partial charge < -0.3 is 0 Å². The smallest absolute Gasteiger partial charge is 0.243 e. The van der Waals surface area contributed by atoms with E-state index < -0.39 is 10.0 Å². The van der Waals surface area contributed by atoms with E-state index in [0.29, 0.717) is 0 Å². The van der Waals surface area contributed by atoms with Crippen LogP contribution in [0.3, 0.4) is 0 Å². The van der Waals surface area contributed by atoms with E-state index >= 15 is 0 Å². The summed E-state index contributed by atoms with van der Waals surface area (Å²) in [6.45, 7) is 0.255. The van der Waals surface area contributed by atoms with Gasteiger partial charge in [0, 0.05) is 23.8 Å². The van der Waals surface area contributed by atoms with Gasteiger partial charge in [0.25, 0.3) is 0 Å². The van der Waals surface area contributed by atoms with E-state index in [0.717, 1.165) is 4.88 Å². The fourth-order valence-electron chi connectivity index (χ4n) is 1.22. The first-order valence-corrected chi connectivity index (χ1v) is 7.45. The summed E-state index contributed by atoms with van der Waals surface area (Å²) in [6.07, 6.45) is 2.68. The number of hydrogen-bond acceptors (Lipinski definition) is 4. The van der Waals surface area contributed by atoms with Crippen LogP contribution in [0.25, 0.3) is 0 Å². The number of nitrogens with one attached hydrogen (secondary N) is 1. The van der Waals surface area contributed by atoms with E-state index in [4.69, 9.17) is 11.6 Å². The highest BCUT2D eigenvalue weighted by Crippen LogP contribution is 2.19. The molecule has 90 valence electrons. The third-order valence-electron chi connectivity index (χ3n) is 2.04. The average molecular weight is 289 g/mol. The molecule has 0 bridgehead atoms. The van der Waals surface area contributed by atoms with Crippen molar-refractivity contribution in [3.05, 3.63) is 45.9 Å². The Morgan fingerprint density at radius 1 is 1.41 bits per heavy atom. The minimum absolute atomic E-state index is 0.00165. The summed E-state index contributed by atoms with van der Waals surface area (Å²) in [6, 6.07) is 5.17. The van der Waals surface area contributed by atoms with E-state index in [2.05, 4.69) is 9.71 Å². The summed E-state index contributed by atoms with van der Waals surface area (Å²) in [5.41, 5.74) is 0. The summed E-state index contributed by atoms with van der Waals surface area (Å²) >= 11 is 7.30. The molecule has 0 fully saturated rings. The van der Waals surface area contributed by atoms with Crippen LogP contribution in [0.15, 0.2) is 40.9 Å². The normalized spacial score (nSPS) is 11.6. The zero-order chi connectivity index (χ0) is 12.3. The van der Waals surface area contributed by atoms with Crippen LogP contribution >= 0.6 is 22.9 Å². The molecule has 2 rings (SSSR count). The minimum atomic E-state index is -3.60. The second-order valence-corrected chi connectivity index (χ2v) is 6.38. The van der Waals surface area contributed by atoms with Crippen molar-refractivity contribution in [3.8, 4) is 0 Å². The second kappa shape index (κ2) is 5.14. The average Bonchev–Trinajstić information content (AvgIpc) is 2.80. The first kappa shape index (κ1) is 12.5. The first-order valence-electron chi connectivity index (χ1n) is 4.71. The van der Waals surface area contributed by atoms with Gasteiger partial charge in [0.1, 0.15) is 4.90 Å². The molecule has 2 heterocycles. The highest BCUT2D eigenvalue weighted by atomic mass is 35.5. The van der Waals surface area contributed by atoms with E-state index in [9.17, 15) is 8.42 Å². The molecule has 2 aromatic heterocycles. The quantitative estimate of drug-likeness (QED) is 0.939. The zero-order valence-electron chi connectivity index (χ0n) is 8.63. The second-order valence-electron chi connectivity index (χ2n) is 3.21. The molecule has 0 aromatic carbocycles. The van der Waals surface area contributed by atoms with Gasteiger partial charge >= 0.3 is 0 Å². The lowest BCUT2D eigenvalue weighted by molar-refractivity contribution is 0.581. The summed E-state index contributed by atoms with van der Waals surface area (Å²) < 4.78 is 26.3. The Bertz CT molecular complexity index is 597. The Morgan fingerprint density at radius 3 is 2.88 bits per heavy atom. The van der Waals surface area contributed by atoms with Gasteiger partial charge in [0.15, 0.2) is 0 Å². The molecule has 0 aliphatic carbocycles. The molecule has 1 N–H and O–H groups in total. The number of sulfonamides is 1. The van der Waals surface area contributed by atoms with Crippen LogP contribution < -0.4 is 4.72 Å². The van der Waals surface area contributed by atoms with Crippen molar-refractivity contribution in [2.45, 2.75) is 11.4 Å². The van der Waals surface area contributed by atoms with E-state index in [1.807, 2.05) is 17.5 Å². The summed E-state index contributed by atoms with van der Waals surface area (Å²) in [5, 5.41) is 2.06. The molecule has 0 amide bonds. The van der Waals surface area contributed by atoms with Gasteiger partial charge in [-0.2, -0.15) is 0 Å². The monoisotopic (exact) mass is 288 g/mol. The largest absolute Gasteiger partial charge is 0.263 e. The molecule has 0 aliphatic heterocycles. The molecular weight excluding hydrogens is 280 g/mol. The van der Waals surface area contributed by atoms with Gasteiger partial charge in [-0.1, -0.05) is 17.7 Å². The molecular formula is C10H9ClN2O2S2. The number of nitrogens with zero attached hydrogens (tertiary/aromatic N) is 1. The fourth-order valence-corrected chi connectivity index (χ4v) is 3.39. The maximum atomic E-state index is 11.9. The minimum Gasteiger partial charge on any atom is -0.263 e. The Kier molecular flexibility index (Phi) is 3.78. The molecule has 4 nitrogen and oxygen atoms in total. The molecule has 0 unspecified atom stereocenters. The Labute approximate surface area is 108 Å². The van der Waals surface area contributed by atoms with Gasteiger partial charge in [-0.25, -0.2) is 13.1 Å². The Morgan fingerprint density at radius 2 is 2.24 bits per heavy atom. The zero-order valence-corrected chi connectivity index (χ0v) is 11.0. The van der Waals surface area contributed by atoms with Gasteiger partial charge in [-0.15, -0.1) is 11.3 Å². The fraction of sp³-hybridized carbons (Fsp3) is 0.100. The van der Waals surface area contributed by atoms with Crippen LogP contribution in [0.4, 0.5) is 0 Å². The molecule has 17 heavy (non-hydrogen) atoms. The van der Waals surface area contributed by atoms with Crippen LogP contribution in [-0.4, -0.2) is 13.4 Å². The van der Waals surface area contributed by atoms with Crippen molar-refractivity contribution in [1.29, 1.82) is 0 Å². The number of pyridine rings is 1. The van der Waals surface area contributed by atoms with Gasteiger partial charge in [-0.3, -0.25) is 4.98 Å². The lowest BCUT2D eigenvalue weighted by Crippen LogP contribution is -2.23. The lowest BCUT2D eigenvalue weighted by atomic mass is 10.5. The maximum absolute atomic E-state index is 11.9.